The molecule has 15 heteroatoms. The number of hydrogen-bond acceptors (Lipinski definition) is 8. The van der Waals surface area contributed by atoms with Gasteiger partial charge in [0.05, 0.1) is 12.3 Å². The van der Waals surface area contributed by atoms with Gasteiger partial charge in [-0.15, -0.1) is 0 Å². The molecule has 1 atom stereocenters. The van der Waals surface area contributed by atoms with Gasteiger partial charge in [0.2, 0.25) is 0 Å². The third-order valence-corrected chi connectivity index (χ3v) is 6.29. The minimum absolute atomic E-state index is 0.0234. The molecular weight excluding hydrogens is 649 g/mol. The number of halogens is 4. The Labute approximate surface area is 261 Å². The maximum absolute atomic E-state index is 13.4. The first-order valence-electron chi connectivity index (χ1n) is 13.1. The van der Waals surface area contributed by atoms with Gasteiger partial charge in [-0.3, -0.25) is 21.1 Å². The van der Waals surface area contributed by atoms with Crippen molar-refractivity contribution < 1.29 is 37.3 Å². The summed E-state index contributed by atoms with van der Waals surface area (Å²) in [6.07, 6.45) is -5.08. The molecule has 0 aromatic heterocycles. The molecule has 1 unspecified atom stereocenters. The van der Waals surface area contributed by atoms with Crippen LogP contribution in [0.25, 0.3) is 0 Å². The van der Waals surface area contributed by atoms with Crippen LogP contribution in [-0.2, 0) is 9.59 Å². The molecule has 11 nitrogen and oxygen atoms in total. The normalized spacial score (nSPS) is 11.5. The first kappa shape index (κ1) is 35.7. The minimum atomic E-state index is -5.08. The van der Waals surface area contributed by atoms with Crippen molar-refractivity contribution in [2.75, 3.05) is 44.6 Å². The van der Waals surface area contributed by atoms with Crippen LogP contribution in [-0.4, -0.2) is 67.7 Å². The van der Waals surface area contributed by atoms with E-state index < -0.39 is 18.2 Å². The van der Waals surface area contributed by atoms with Gasteiger partial charge in [0.1, 0.15) is 18.5 Å². The van der Waals surface area contributed by atoms with E-state index in [9.17, 15) is 18.0 Å². The molecule has 0 spiro atoms. The molecule has 0 aliphatic rings. The highest BCUT2D eigenvalue weighted by molar-refractivity contribution is 9.10. The summed E-state index contributed by atoms with van der Waals surface area (Å²) in [5.74, 6) is -1.92. The zero-order valence-corrected chi connectivity index (χ0v) is 25.8. The number of carboxylic acid groups (broad SMARTS) is 1. The van der Waals surface area contributed by atoms with Crippen molar-refractivity contribution in [1.82, 2.24) is 10.3 Å². The lowest BCUT2D eigenvalue weighted by Gasteiger charge is -2.22. The van der Waals surface area contributed by atoms with Crippen molar-refractivity contribution in [3.05, 3.63) is 82.3 Å². The highest BCUT2D eigenvalue weighted by atomic mass is 79.9. The van der Waals surface area contributed by atoms with Gasteiger partial charge in [0.15, 0.2) is 11.5 Å². The number of amides is 1. The van der Waals surface area contributed by atoms with Crippen molar-refractivity contribution in [3.63, 3.8) is 0 Å². The summed E-state index contributed by atoms with van der Waals surface area (Å²) < 4.78 is 44.3. The Bertz CT molecular complexity index is 1410. The molecule has 44 heavy (non-hydrogen) atoms. The Morgan fingerprint density at radius 2 is 1.68 bits per heavy atom. The lowest BCUT2D eigenvalue weighted by Crippen LogP contribution is -2.37. The number of benzene rings is 3. The molecule has 3 rings (SSSR count). The number of aliphatic carboxylic acids is 1. The molecule has 7 N–H and O–H groups in total. The number of carbonyl (C=O) groups excluding carboxylic acids is 1. The minimum Gasteiger partial charge on any atom is -0.490 e. The quantitative estimate of drug-likeness (QED) is 0.0828. The summed E-state index contributed by atoms with van der Waals surface area (Å²) >= 11 is 3.47. The van der Waals surface area contributed by atoms with E-state index in [0.29, 0.717) is 41.5 Å². The first-order chi connectivity index (χ1) is 20.7. The summed E-state index contributed by atoms with van der Waals surface area (Å²) in [4.78, 5) is 24.4. The van der Waals surface area contributed by atoms with Gasteiger partial charge < -0.3 is 30.5 Å². The number of carboxylic acids is 1. The summed E-state index contributed by atoms with van der Waals surface area (Å²) in [6.45, 7) is 3.62. The smallest absolute Gasteiger partial charge is 0.490 e. The van der Waals surface area contributed by atoms with Crippen LogP contribution in [0.4, 0.5) is 24.5 Å². The Morgan fingerprint density at radius 3 is 2.23 bits per heavy atom. The SMILES string of the molecule is CCOc1cc(C(Nc2ccc(C(=N)N)cc2)C(=O)NNc2ccccc2Br)ccc1OCCN(C)C.O=C(O)C(F)(F)F. The topological polar surface area (TPSA) is 162 Å². The number of rotatable bonds is 13. The maximum Gasteiger partial charge on any atom is 0.490 e. The monoisotopic (exact) mass is 682 g/mol. The number of amidine groups is 1. The molecule has 0 saturated carbocycles. The molecule has 0 aliphatic heterocycles. The Hall–Kier alpha value is -4.50. The Balaban J connectivity index is 0.000000860. The third kappa shape index (κ3) is 11.6. The van der Waals surface area contributed by atoms with Crippen LogP contribution < -0.4 is 31.4 Å². The number of likely N-dealkylation sites (N-methyl/N-ethyl adjacent to an activating group) is 1. The average Bonchev–Trinajstić information content (AvgIpc) is 2.96. The van der Waals surface area contributed by atoms with E-state index in [-0.39, 0.29) is 11.7 Å². The maximum atomic E-state index is 13.4. The van der Waals surface area contributed by atoms with Crippen LogP contribution in [0.15, 0.2) is 71.2 Å². The van der Waals surface area contributed by atoms with Crippen LogP contribution in [0.3, 0.4) is 0 Å². The number of nitrogens with two attached hydrogens (primary N) is 1. The van der Waals surface area contributed by atoms with E-state index in [4.69, 9.17) is 30.5 Å². The Morgan fingerprint density at radius 1 is 1.05 bits per heavy atom. The number of carbonyl (C=O) groups is 2. The van der Waals surface area contributed by atoms with Gasteiger partial charge in [-0.25, -0.2) is 4.79 Å². The van der Waals surface area contributed by atoms with Gasteiger partial charge in [-0.2, -0.15) is 13.2 Å². The predicted molar refractivity (Wildman–Crippen MR) is 165 cm³/mol. The van der Waals surface area contributed by atoms with Crippen LogP contribution in [0, 0.1) is 5.41 Å². The lowest BCUT2D eigenvalue weighted by atomic mass is 10.0. The standard InChI is InChI=1S/C27H33BrN6O3.C2HF3O2/c1-4-36-24-17-19(11-14-23(24)37-16-15-34(2)3)25(31-20-12-9-18(10-13-20)26(29)30)27(35)33-32-22-8-6-5-7-21(22)28;3-2(4,5)1(6)7/h5-14,17,25,31-32H,4,15-16H2,1-3H3,(H3,29,30)(H,33,35);(H,6,7). The zero-order chi connectivity index (χ0) is 32.9. The second kappa shape index (κ2) is 17.0. The second-order valence-corrected chi connectivity index (χ2v) is 10.1. The van der Waals surface area contributed by atoms with Crippen LogP contribution in [0.5, 0.6) is 11.5 Å². The van der Waals surface area contributed by atoms with Crippen molar-refractivity contribution >= 4 is 45.0 Å². The van der Waals surface area contributed by atoms with Gasteiger partial charge in [0.25, 0.3) is 5.91 Å². The molecule has 1 amide bonds. The summed E-state index contributed by atoms with van der Waals surface area (Å²) in [7, 11) is 3.96. The molecular formula is C29H34BrF3N6O5. The second-order valence-electron chi connectivity index (χ2n) is 9.26. The number of nitrogens with zero attached hydrogens (tertiary/aromatic N) is 1. The fourth-order valence-corrected chi connectivity index (χ4v) is 3.79. The number of hydrazine groups is 1. The molecule has 0 radical (unpaired) electrons. The van der Waals surface area contributed by atoms with E-state index in [2.05, 4.69) is 32.1 Å². The predicted octanol–water partition coefficient (Wildman–Crippen LogP) is 5.00. The van der Waals surface area contributed by atoms with Gasteiger partial charge in [0, 0.05) is 22.3 Å². The van der Waals surface area contributed by atoms with E-state index in [1.54, 1.807) is 24.3 Å². The molecule has 0 saturated heterocycles. The van der Waals surface area contributed by atoms with Crippen molar-refractivity contribution in [3.8, 4) is 11.5 Å². The van der Waals surface area contributed by atoms with Crippen molar-refractivity contribution in [2.24, 2.45) is 5.73 Å². The Kier molecular flexibility index (Phi) is 13.8. The highest BCUT2D eigenvalue weighted by Crippen LogP contribution is 2.32. The van der Waals surface area contributed by atoms with Crippen molar-refractivity contribution in [1.29, 1.82) is 5.41 Å². The van der Waals surface area contributed by atoms with Gasteiger partial charge in [-0.1, -0.05) is 18.2 Å². The number of hydrogen-bond donors (Lipinski definition) is 6. The molecule has 0 aliphatic carbocycles. The number of anilines is 2. The summed E-state index contributed by atoms with van der Waals surface area (Å²) in [5.41, 5.74) is 14.0. The fraction of sp³-hybridized carbons (Fsp3) is 0.276. The van der Waals surface area contributed by atoms with Crippen LogP contribution in [0.2, 0.25) is 0 Å². The van der Waals surface area contributed by atoms with Crippen LogP contribution in [0.1, 0.15) is 24.1 Å². The third-order valence-electron chi connectivity index (χ3n) is 5.60. The van der Waals surface area contributed by atoms with Crippen molar-refractivity contribution in [2.45, 2.75) is 19.1 Å². The molecule has 0 fully saturated rings. The number of nitrogen functional groups attached to an aromatic ring is 1. The molecule has 3 aromatic rings. The van der Waals surface area contributed by atoms with E-state index in [0.717, 1.165) is 16.7 Å². The number of alkyl halides is 3. The first-order valence-corrected chi connectivity index (χ1v) is 13.9. The molecule has 0 heterocycles. The largest absolute Gasteiger partial charge is 0.490 e. The number of nitrogens with one attached hydrogen (secondary N) is 4. The molecule has 238 valence electrons. The zero-order valence-electron chi connectivity index (χ0n) is 24.2. The van der Waals surface area contributed by atoms with E-state index in [1.165, 1.54) is 0 Å². The lowest BCUT2D eigenvalue weighted by molar-refractivity contribution is -0.192. The average molecular weight is 684 g/mol. The highest BCUT2D eigenvalue weighted by Gasteiger charge is 2.38. The molecule has 0 bridgehead atoms. The summed E-state index contributed by atoms with van der Waals surface area (Å²) in [5, 5.41) is 18.0. The fourth-order valence-electron chi connectivity index (χ4n) is 3.41. The van der Waals surface area contributed by atoms with Crippen LogP contribution >= 0.6 is 15.9 Å². The van der Waals surface area contributed by atoms with E-state index in [1.807, 2.05) is 68.4 Å². The molecule has 3 aromatic carbocycles. The number of ether oxygens (including phenoxy) is 2. The number of para-hydroxylation sites is 1. The van der Waals surface area contributed by atoms with E-state index >= 15 is 0 Å². The summed E-state index contributed by atoms with van der Waals surface area (Å²) in [6, 6.07) is 19.2. The van der Waals surface area contributed by atoms with Gasteiger partial charge in [-0.05, 0) is 91.0 Å². The van der Waals surface area contributed by atoms with Gasteiger partial charge >= 0.3 is 12.1 Å².